The molecule has 3 saturated heterocycles. The number of nitrogens with zero attached hydrogens (tertiary/aromatic N) is 6. The van der Waals surface area contributed by atoms with E-state index in [0.29, 0.717) is 36.3 Å². The second kappa shape index (κ2) is 15.3. The molecule has 0 saturated carbocycles. The highest BCUT2D eigenvalue weighted by atomic mass is 19.1. The molecule has 52 heavy (non-hydrogen) atoms. The highest BCUT2D eigenvalue weighted by Crippen LogP contribution is 2.44. The summed E-state index contributed by atoms with van der Waals surface area (Å²) in [6.45, 7) is 8.85. The topological polar surface area (TPSA) is 125 Å². The number of phenols is 1. The number of benzene rings is 2. The standard InChI is InChI=1S/C32H30F2N6O3.C4H9NO2.C2H6/c1-2-21-23(33)6-5-18-13-20(41)14-22(24(18)21)27-26(34)28-25-29(40-12-9-35-15-19(40)16-42-30(25)36-27)38-31(37-28)43-17-32-7-3-10-39(32)11-4-8-32;1-5(2)4(6)7-3;1-2/h1,5-6,13-14,19,35,41H,3-4,7-12,15-17H2;1-3H3;1-2H3/t19-;;/m0../s1. The average molecular weight is 718 g/mol. The van der Waals surface area contributed by atoms with Gasteiger partial charge in [-0.25, -0.2) is 18.6 Å². The number of pyridine rings is 1. The lowest BCUT2D eigenvalue weighted by molar-refractivity contribution is 0.108. The number of aromatic nitrogens is 3. The van der Waals surface area contributed by atoms with Crippen molar-refractivity contribution in [2.24, 2.45) is 0 Å². The number of carbonyl (C=O) groups is 1. The highest BCUT2D eigenvalue weighted by Gasteiger charge is 2.45. The maximum atomic E-state index is 16.8. The van der Waals surface area contributed by atoms with Gasteiger partial charge in [-0.1, -0.05) is 25.8 Å². The van der Waals surface area contributed by atoms with Crippen LogP contribution in [0.3, 0.4) is 0 Å². The number of nitrogens with one attached hydrogen (secondary N) is 1. The Hall–Kier alpha value is -5.00. The minimum atomic E-state index is -0.759. The number of halogens is 2. The zero-order chi connectivity index (χ0) is 37.2. The van der Waals surface area contributed by atoms with Crippen molar-refractivity contribution >= 4 is 33.6 Å². The van der Waals surface area contributed by atoms with Crippen molar-refractivity contribution in [1.82, 2.24) is 30.1 Å². The zero-order valence-corrected chi connectivity index (χ0v) is 30.3. The number of carbonyl (C=O) groups excluding carboxylic acids is 1. The molecule has 1 amide bonds. The van der Waals surface area contributed by atoms with Gasteiger partial charge in [0.05, 0.1) is 24.3 Å². The summed E-state index contributed by atoms with van der Waals surface area (Å²) in [5.41, 5.74) is -0.124. The van der Waals surface area contributed by atoms with E-state index >= 15 is 4.39 Å². The fourth-order valence-electron chi connectivity index (χ4n) is 7.62. The highest BCUT2D eigenvalue weighted by molar-refractivity contribution is 6.04. The number of rotatable bonds is 4. The molecule has 0 radical (unpaired) electrons. The van der Waals surface area contributed by atoms with Crippen LogP contribution in [0.4, 0.5) is 19.4 Å². The number of anilines is 1. The predicted molar refractivity (Wildman–Crippen MR) is 195 cm³/mol. The molecule has 8 rings (SSSR count). The van der Waals surface area contributed by atoms with Gasteiger partial charge >= 0.3 is 12.1 Å². The van der Waals surface area contributed by atoms with Gasteiger partial charge in [-0.2, -0.15) is 9.97 Å². The van der Waals surface area contributed by atoms with E-state index in [-0.39, 0.29) is 69.6 Å². The van der Waals surface area contributed by atoms with Crippen LogP contribution in [-0.4, -0.2) is 115 Å². The van der Waals surface area contributed by atoms with Gasteiger partial charge < -0.3 is 34.4 Å². The molecule has 0 bridgehead atoms. The molecule has 0 spiro atoms. The normalized spacial score (nSPS) is 18.4. The summed E-state index contributed by atoms with van der Waals surface area (Å²) in [4.78, 5) is 30.2. The molecule has 3 fully saturated rings. The van der Waals surface area contributed by atoms with Crippen molar-refractivity contribution in [3.63, 3.8) is 0 Å². The van der Waals surface area contributed by atoms with Crippen molar-refractivity contribution < 1.29 is 32.9 Å². The number of terminal acetylenes is 1. The lowest BCUT2D eigenvalue weighted by atomic mass is 9.95. The van der Waals surface area contributed by atoms with Crippen LogP contribution < -0.4 is 19.7 Å². The molecule has 276 valence electrons. The van der Waals surface area contributed by atoms with Crippen LogP contribution in [0.2, 0.25) is 0 Å². The van der Waals surface area contributed by atoms with E-state index in [1.165, 1.54) is 36.3 Å². The molecule has 0 aliphatic carbocycles. The molecule has 12 nitrogen and oxygen atoms in total. The smallest absolute Gasteiger partial charge is 0.408 e. The van der Waals surface area contributed by atoms with Crippen LogP contribution in [-0.2, 0) is 4.74 Å². The summed E-state index contributed by atoms with van der Waals surface area (Å²) in [7, 11) is 4.61. The van der Waals surface area contributed by atoms with E-state index in [9.17, 15) is 14.3 Å². The monoisotopic (exact) mass is 717 g/mol. The molecule has 2 aromatic carbocycles. The first-order valence-corrected chi connectivity index (χ1v) is 17.7. The molecule has 14 heteroatoms. The Morgan fingerprint density at radius 2 is 1.88 bits per heavy atom. The lowest BCUT2D eigenvalue weighted by Crippen LogP contribution is -2.53. The van der Waals surface area contributed by atoms with Crippen molar-refractivity contribution in [3.8, 4) is 41.2 Å². The Morgan fingerprint density at radius 1 is 1.13 bits per heavy atom. The van der Waals surface area contributed by atoms with E-state index in [1.54, 1.807) is 14.1 Å². The first-order valence-electron chi connectivity index (χ1n) is 17.7. The number of hydrogen-bond donors (Lipinski definition) is 2. The van der Waals surface area contributed by atoms with Crippen LogP contribution in [0.15, 0.2) is 24.3 Å². The van der Waals surface area contributed by atoms with E-state index < -0.39 is 11.6 Å². The number of aromatic hydroxyl groups is 1. The summed E-state index contributed by atoms with van der Waals surface area (Å²) < 4.78 is 48.5. The molecule has 4 aliphatic heterocycles. The fourth-order valence-corrected chi connectivity index (χ4v) is 7.62. The van der Waals surface area contributed by atoms with Crippen LogP contribution in [0.5, 0.6) is 17.6 Å². The minimum Gasteiger partial charge on any atom is -0.508 e. The van der Waals surface area contributed by atoms with Crippen molar-refractivity contribution in [2.75, 3.05) is 72.0 Å². The number of piperazine rings is 1. The molecular weight excluding hydrogens is 672 g/mol. The van der Waals surface area contributed by atoms with Crippen LogP contribution in [0, 0.1) is 24.0 Å². The quantitative estimate of drug-likeness (QED) is 0.266. The number of hydrogen-bond acceptors (Lipinski definition) is 11. The number of methoxy groups -OCH3 is 1. The summed E-state index contributed by atoms with van der Waals surface area (Å²) in [5, 5.41) is 15.0. The Labute approximate surface area is 302 Å². The largest absolute Gasteiger partial charge is 0.508 e. The van der Waals surface area contributed by atoms with Gasteiger partial charge in [0.15, 0.2) is 5.82 Å². The molecule has 4 aliphatic rings. The Morgan fingerprint density at radius 3 is 2.56 bits per heavy atom. The second-order valence-corrected chi connectivity index (χ2v) is 13.2. The Kier molecular flexibility index (Phi) is 10.8. The number of amides is 1. The third-order valence-electron chi connectivity index (χ3n) is 10.0. The van der Waals surface area contributed by atoms with Crippen LogP contribution in [0.1, 0.15) is 45.1 Å². The maximum absolute atomic E-state index is 16.8. The van der Waals surface area contributed by atoms with Crippen LogP contribution >= 0.6 is 0 Å². The maximum Gasteiger partial charge on any atom is 0.408 e. The molecule has 2 N–H and O–H groups in total. The van der Waals surface area contributed by atoms with Crippen molar-refractivity contribution in [3.05, 3.63) is 41.5 Å². The van der Waals surface area contributed by atoms with E-state index in [0.717, 1.165) is 45.3 Å². The summed E-state index contributed by atoms with van der Waals surface area (Å²) in [6, 6.07) is 5.53. The fraction of sp³-hybridized carbons (Fsp3) is 0.474. The molecular formula is C38H45F2N7O5. The zero-order valence-electron chi connectivity index (χ0n) is 30.3. The van der Waals surface area contributed by atoms with Gasteiger partial charge in [-0.15, -0.1) is 6.42 Å². The van der Waals surface area contributed by atoms with Gasteiger partial charge in [-0.3, -0.25) is 4.90 Å². The van der Waals surface area contributed by atoms with E-state index in [1.807, 2.05) is 13.8 Å². The van der Waals surface area contributed by atoms with Gasteiger partial charge in [0.1, 0.15) is 47.2 Å². The van der Waals surface area contributed by atoms with Gasteiger partial charge in [0.25, 0.3) is 0 Å². The predicted octanol–water partition coefficient (Wildman–Crippen LogP) is 5.33. The van der Waals surface area contributed by atoms with Gasteiger partial charge in [0, 0.05) is 44.7 Å². The van der Waals surface area contributed by atoms with Gasteiger partial charge in [-0.05, 0) is 62.4 Å². The lowest BCUT2D eigenvalue weighted by Gasteiger charge is -2.35. The van der Waals surface area contributed by atoms with E-state index in [4.69, 9.17) is 20.9 Å². The molecule has 0 unspecified atom stereocenters. The van der Waals surface area contributed by atoms with Crippen molar-refractivity contribution in [2.45, 2.75) is 51.1 Å². The summed E-state index contributed by atoms with van der Waals surface area (Å²) in [5.74, 6) is 1.53. The first kappa shape index (κ1) is 36.8. The minimum absolute atomic E-state index is 0.0125. The Bertz CT molecular complexity index is 2010. The third-order valence-corrected chi connectivity index (χ3v) is 10.0. The molecule has 4 aromatic rings. The van der Waals surface area contributed by atoms with Gasteiger partial charge in [0.2, 0.25) is 5.88 Å². The van der Waals surface area contributed by atoms with Crippen LogP contribution in [0.25, 0.3) is 32.9 Å². The average Bonchev–Trinajstić information content (AvgIpc) is 3.70. The number of fused-ring (bicyclic) bond motifs is 4. The van der Waals surface area contributed by atoms with E-state index in [2.05, 4.69) is 35.7 Å². The summed E-state index contributed by atoms with van der Waals surface area (Å²) >= 11 is 0. The summed E-state index contributed by atoms with van der Waals surface area (Å²) in [6.07, 6.45) is 9.72. The molecule has 2 aromatic heterocycles. The number of ether oxygens (including phenoxy) is 3. The third kappa shape index (κ3) is 6.70. The molecule has 6 heterocycles. The SMILES string of the molecule is C#Cc1c(F)ccc2cc(O)cc(-c3nc4c5c(nc(OCC67CCCN6CCC7)nc5c3F)N3CCNC[C@H]3CO4)c12.CC.COC(=O)N(C)C. The second-order valence-electron chi connectivity index (χ2n) is 13.2. The van der Waals surface area contributed by atoms with Crippen molar-refractivity contribution in [1.29, 1.82) is 0 Å². The first-order chi connectivity index (χ1) is 25.1. The Balaban J connectivity index is 0.000000465. The number of phenolic OH excluding ortho intramolecular Hbond substituents is 1. The molecule has 1 atom stereocenters.